The molecule has 0 aliphatic carbocycles. The molecule has 1 N–H and O–H groups in total. The standard InChI is InChI=1S/C18H18F3N3O5S/c1-24-7-6-10-11(18(24)25)4-3-5-14(10)30(26,27)23-13-8-12(19)16(22-17(13)28-2)29-9-15(20)21/h3-5,8,15,23H,6-7,9H2,1-2H3. The Kier molecular flexibility index (Phi) is 6.06. The zero-order valence-corrected chi connectivity index (χ0v) is 16.8. The summed E-state index contributed by atoms with van der Waals surface area (Å²) in [4.78, 5) is 17.3. The monoisotopic (exact) mass is 445 g/mol. The fourth-order valence-electron chi connectivity index (χ4n) is 2.99. The number of carbonyl (C=O) groups excluding carboxylic acids is 1. The second-order valence-electron chi connectivity index (χ2n) is 6.40. The maximum Gasteiger partial charge on any atom is 0.272 e. The lowest BCUT2D eigenvalue weighted by Crippen LogP contribution is -2.35. The molecule has 0 spiro atoms. The summed E-state index contributed by atoms with van der Waals surface area (Å²) in [6.45, 7) is -0.745. The molecule has 8 nitrogen and oxygen atoms in total. The summed E-state index contributed by atoms with van der Waals surface area (Å²) < 4.78 is 76.4. The number of hydrogen-bond donors (Lipinski definition) is 1. The summed E-state index contributed by atoms with van der Waals surface area (Å²) in [6.07, 6.45) is -2.53. The van der Waals surface area contributed by atoms with Gasteiger partial charge in [-0.25, -0.2) is 21.6 Å². The number of fused-ring (bicyclic) bond motifs is 1. The van der Waals surface area contributed by atoms with Crippen molar-refractivity contribution in [2.75, 3.05) is 32.0 Å². The highest BCUT2D eigenvalue weighted by molar-refractivity contribution is 7.92. The Labute approximate surface area is 170 Å². The largest absolute Gasteiger partial charge is 0.479 e. The fourth-order valence-corrected chi connectivity index (χ4v) is 4.33. The average Bonchev–Trinajstić information content (AvgIpc) is 2.69. The SMILES string of the molecule is COc1nc(OCC(F)F)c(F)cc1NS(=O)(=O)c1cccc2c1CCN(C)C2=O. The summed E-state index contributed by atoms with van der Waals surface area (Å²) in [7, 11) is -1.49. The zero-order valence-electron chi connectivity index (χ0n) is 16.0. The zero-order chi connectivity index (χ0) is 22.1. The summed E-state index contributed by atoms with van der Waals surface area (Å²) in [6, 6.07) is 5.01. The Morgan fingerprint density at radius 3 is 2.70 bits per heavy atom. The van der Waals surface area contributed by atoms with Crippen LogP contribution in [0.2, 0.25) is 0 Å². The number of nitrogens with one attached hydrogen (secondary N) is 1. The van der Waals surface area contributed by atoms with E-state index < -0.39 is 34.8 Å². The first-order valence-corrected chi connectivity index (χ1v) is 10.2. The highest BCUT2D eigenvalue weighted by Gasteiger charge is 2.29. The Bertz CT molecular complexity index is 1080. The summed E-state index contributed by atoms with van der Waals surface area (Å²) in [5.41, 5.74) is 0.257. The van der Waals surface area contributed by atoms with Crippen molar-refractivity contribution in [2.45, 2.75) is 17.7 Å². The maximum atomic E-state index is 14.2. The van der Waals surface area contributed by atoms with Crippen LogP contribution in [0.5, 0.6) is 11.8 Å². The van der Waals surface area contributed by atoms with Gasteiger partial charge in [-0.15, -0.1) is 0 Å². The molecule has 162 valence electrons. The van der Waals surface area contributed by atoms with Crippen LogP contribution in [-0.2, 0) is 16.4 Å². The van der Waals surface area contributed by atoms with Crippen LogP contribution in [0.15, 0.2) is 29.2 Å². The molecular formula is C18H18F3N3O5S. The smallest absolute Gasteiger partial charge is 0.272 e. The van der Waals surface area contributed by atoms with Crippen molar-refractivity contribution in [1.29, 1.82) is 0 Å². The summed E-state index contributed by atoms with van der Waals surface area (Å²) in [5.74, 6) is -2.58. The molecule has 2 aromatic rings. The Hall–Kier alpha value is -3.02. The molecule has 1 aromatic carbocycles. The Balaban J connectivity index is 1.97. The van der Waals surface area contributed by atoms with Gasteiger partial charge >= 0.3 is 0 Å². The lowest BCUT2D eigenvalue weighted by molar-refractivity contribution is 0.0769. The molecule has 0 unspecified atom stereocenters. The lowest BCUT2D eigenvalue weighted by Gasteiger charge is -2.26. The van der Waals surface area contributed by atoms with Crippen LogP contribution in [0.25, 0.3) is 0 Å². The van der Waals surface area contributed by atoms with Crippen molar-refractivity contribution >= 4 is 21.6 Å². The number of rotatable bonds is 7. The number of alkyl halides is 2. The molecule has 0 atom stereocenters. The van der Waals surface area contributed by atoms with Crippen LogP contribution in [0.1, 0.15) is 15.9 Å². The molecule has 0 radical (unpaired) electrons. The number of aromatic nitrogens is 1. The van der Waals surface area contributed by atoms with Crippen molar-refractivity contribution in [1.82, 2.24) is 9.88 Å². The minimum absolute atomic E-state index is 0.137. The van der Waals surface area contributed by atoms with Gasteiger partial charge in [-0.1, -0.05) is 6.07 Å². The van der Waals surface area contributed by atoms with Crippen LogP contribution in [0.3, 0.4) is 0 Å². The Morgan fingerprint density at radius 2 is 2.03 bits per heavy atom. The number of pyridine rings is 1. The first-order valence-electron chi connectivity index (χ1n) is 8.69. The number of carbonyl (C=O) groups is 1. The number of nitrogens with zero attached hydrogens (tertiary/aromatic N) is 2. The lowest BCUT2D eigenvalue weighted by atomic mass is 9.99. The second-order valence-corrected chi connectivity index (χ2v) is 8.05. The number of benzene rings is 1. The van der Waals surface area contributed by atoms with E-state index in [1.54, 1.807) is 7.05 Å². The van der Waals surface area contributed by atoms with Crippen molar-refractivity contribution in [3.63, 3.8) is 0 Å². The topological polar surface area (TPSA) is 97.8 Å². The number of sulfonamides is 1. The van der Waals surface area contributed by atoms with Gasteiger partial charge in [-0.2, -0.15) is 4.98 Å². The van der Waals surface area contributed by atoms with E-state index in [0.29, 0.717) is 18.5 Å². The highest BCUT2D eigenvalue weighted by Crippen LogP contribution is 2.32. The van der Waals surface area contributed by atoms with E-state index in [-0.39, 0.29) is 27.9 Å². The average molecular weight is 445 g/mol. The third-order valence-electron chi connectivity index (χ3n) is 4.39. The highest BCUT2D eigenvalue weighted by atomic mass is 32.2. The van der Waals surface area contributed by atoms with Crippen LogP contribution in [0, 0.1) is 5.82 Å². The van der Waals surface area contributed by atoms with Crippen LogP contribution in [0.4, 0.5) is 18.9 Å². The number of halogens is 3. The van der Waals surface area contributed by atoms with Gasteiger partial charge in [0, 0.05) is 25.2 Å². The predicted molar refractivity (Wildman–Crippen MR) is 100 cm³/mol. The molecule has 1 aliphatic rings. The molecule has 12 heteroatoms. The van der Waals surface area contributed by atoms with Gasteiger partial charge in [-0.3, -0.25) is 9.52 Å². The maximum absolute atomic E-state index is 14.2. The molecule has 1 aliphatic heterocycles. The number of amides is 1. The molecule has 1 aromatic heterocycles. The van der Waals surface area contributed by atoms with Gasteiger partial charge in [0.05, 0.1) is 12.0 Å². The van der Waals surface area contributed by atoms with E-state index in [4.69, 9.17) is 4.74 Å². The normalized spacial score (nSPS) is 13.9. The van der Waals surface area contributed by atoms with Gasteiger partial charge in [0.25, 0.3) is 28.2 Å². The number of anilines is 1. The fraction of sp³-hybridized carbons (Fsp3) is 0.333. The van der Waals surface area contributed by atoms with Crippen molar-refractivity contribution in [3.8, 4) is 11.8 Å². The van der Waals surface area contributed by atoms with Crippen LogP contribution in [-0.4, -0.2) is 57.9 Å². The van der Waals surface area contributed by atoms with Gasteiger partial charge in [0.2, 0.25) is 5.88 Å². The molecule has 1 amide bonds. The second kappa shape index (κ2) is 8.38. The molecule has 0 bridgehead atoms. The van der Waals surface area contributed by atoms with E-state index >= 15 is 0 Å². The van der Waals surface area contributed by atoms with Gasteiger partial charge in [0.1, 0.15) is 5.69 Å². The quantitative estimate of drug-likeness (QED) is 0.703. The number of ether oxygens (including phenoxy) is 2. The minimum atomic E-state index is -4.25. The third kappa shape index (κ3) is 4.27. The molecule has 0 saturated carbocycles. The summed E-state index contributed by atoms with van der Waals surface area (Å²) in [5, 5.41) is 0. The van der Waals surface area contributed by atoms with Crippen molar-refractivity contribution < 1.29 is 35.9 Å². The van der Waals surface area contributed by atoms with Gasteiger partial charge < -0.3 is 14.4 Å². The van der Waals surface area contributed by atoms with Gasteiger partial charge in [0.15, 0.2) is 12.4 Å². The molecule has 2 heterocycles. The number of likely N-dealkylation sites (N-methyl/N-ethyl adjacent to an activating group) is 1. The van der Waals surface area contributed by atoms with Crippen molar-refractivity contribution in [3.05, 3.63) is 41.2 Å². The molecule has 30 heavy (non-hydrogen) atoms. The first-order chi connectivity index (χ1) is 14.1. The minimum Gasteiger partial charge on any atom is -0.479 e. The molecule has 0 fully saturated rings. The number of methoxy groups -OCH3 is 1. The summed E-state index contributed by atoms with van der Waals surface area (Å²) >= 11 is 0. The third-order valence-corrected chi connectivity index (χ3v) is 5.84. The van der Waals surface area contributed by atoms with E-state index in [1.807, 2.05) is 0 Å². The Morgan fingerprint density at radius 1 is 1.30 bits per heavy atom. The van der Waals surface area contributed by atoms with E-state index in [0.717, 1.165) is 13.2 Å². The first kappa shape index (κ1) is 21.7. The molecule has 3 rings (SSSR count). The van der Waals surface area contributed by atoms with Crippen LogP contribution >= 0.6 is 0 Å². The predicted octanol–water partition coefficient (Wildman–Crippen LogP) is 2.30. The molecule has 0 saturated heterocycles. The van der Waals surface area contributed by atoms with Crippen molar-refractivity contribution in [2.24, 2.45) is 0 Å². The van der Waals surface area contributed by atoms with E-state index in [1.165, 1.54) is 23.1 Å². The van der Waals surface area contributed by atoms with E-state index in [2.05, 4.69) is 14.4 Å². The van der Waals surface area contributed by atoms with E-state index in [9.17, 15) is 26.4 Å². The number of hydrogen-bond acceptors (Lipinski definition) is 6. The van der Waals surface area contributed by atoms with Crippen LogP contribution < -0.4 is 14.2 Å². The molecular weight excluding hydrogens is 427 g/mol. The van der Waals surface area contributed by atoms with Gasteiger partial charge in [-0.05, 0) is 24.1 Å².